The molecule has 0 saturated heterocycles. The summed E-state index contributed by atoms with van der Waals surface area (Å²) in [6.45, 7) is 12.5. The molecular formula is C27H38N4O3. The lowest BCUT2D eigenvalue weighted by atomic mass is 9.81. The number of ether oxygens (including phenoxy) is 1. The minimum Gasteiger partial charge on any atom is -0.444 e. The molecule has 1 aromatic heterocycles. The van der Waals surface area contributed by atoms with Crippen LogP contribution in [-0.4, -0.2) is 43.8 Å². The maximum Gasteiger partial charge on any atom is 0.411 e. The first-order chi connectivity index (χ1) is 15.9. The van der Waals surface area contributed by atoms with Crippen LogP contribution in [0.2, 0.25) is 0 Å². The molecule has 2 heterocycles. The van der Waals surface area contributed by atoms with Crippen molar-refractivity contribution in [3.63, 3.8) is 0 Å². The molecular weight excluding hydrogens is 428 g/mol. The first-order valence-corrected chi connectivity index (χ1v) is 12.3. The summed E-state index contributed by atoms with van der Waals surface area (Å²) in [4.78, 5) is 25.0. The molecule has 7 nitrogen and oxygen atoms in total. The summed E-state index contributed by atoms with van der Waals surface area (Å²) in [6, 6.07) is 10.1. The van der Waals surface area contributed by atoms with Gasteiger partial charge in [-0.05, 0) is 51.9 Å². The van der Waals surface area contributed by atoms with Gasteiger partial charge in [-0.2, -0.15) is 0 Å². The molecule has 1 aliphatic heterocycles. The number of rotatable bonds is 3. The van der Waals surface area contributed by atoms with Crippen molar-refractivity contribution in [1.29, 1.82) is 0 Å². The van der Waals surface area contributed by atoms with E-state index in [0.29, 0.717) is 12.5 Å². The second kappa shape index (κ2) is 9.17. The highest BCUT2D eigenvalue weighted by molar-refractivity contribution is 5.74. The number of aliphatic hydroxyl groups is 1. The lowest BCUT2D eigenvalue weighted by Gasteiger charge is -2.36. The van der Waals surface area contributed by atoms with Crippen LogP contribution in [0.1, 0.15) is 84.5 Å². The lowest BCUT2D eigenvalue weighted by molar-refractivity contribution is 0.00437. The molecule has 2 aliphatic rings. The van der Waals surface area contributed by atoms with E-state index in [-0.39, 0.29) is 29.7 Å². The number of amides is 1. The fourth-order valence-corrected chi connectivity index (χ4v) is 5.01. The standard InChI is InChI=1S/C27H38N4O3/c1-26(2,3)23-21-20(16-31(23)25(33)34-27(4,5)6)29-24(28-18-12-14-19(32)15-13-18)30-22(21)17-10-8-7-9-11-17/h7-11,18-19,23,32H,12-16H2,1-6H3,(H,28,29,30). The lowest BCUT2D eigenvalue weighted by Crippen LogP contribution is -2.40. The number of benzene rings is 1. The highest BCUT2D eigenvalue weighted by Gasteiger charge is 2.45. The van der Waals surface area contributed by atoms with Gasteiger partial charge in [0, 0.05) is 17.2 Å². The molecule has 1 fully saturated rings. The maximum atomic E-state index is 13.3. The summed E-state index contributed by atoms with van der Waals surface area (Å²) in [5, 5.41) is 13.4. The molecule has 0 bridgehead atoms. The summed E-state index contributed by atoms with van der Waals surface area (Å²) >= 11 is 0. The molecule has 1 aromatic carbocycles. The largest absolute Gasteiger partial charge is 0.444 e. The van der Waals surface area contributed by atoms with Crippen molar-refractivity contribution in [3.8, 4) is 11.3 Å². The number of carbonyl (C=O) groups is 1. The molecule has 2 aromatic rings. The fourth-order valence-electron chi connectivity index (χ4n) is 5.01. The third-order valence-corrected chi connectivity index (χ3v) is 6.46. The molecule has 7 heteroatoms. The van der Waals surface area contributed by atoms with Crippen LogP contribution in [0.5, 0.6) is 0 Å². The smallest absolute Gasteiger partial charge is 0.411 e. The van der Waals surface area contributed by atoms with Crippen molar-refractivity contribution in [2.45, 2.75) is 97.6 Å². The summed E-state index contributed by atoms with van der Waals surface area (Å²) in [5.41, 5.74) is 2.88. The van der Waals surface area contributed by atoms with E-state index < -0.39 is 5.60 Å². The van der Waals surface area contributed by atoms with Crippen LogP contribution >= 0.6 is 0 Å². The Labute approximate surface area is 202 Å². The van der Waals surface area contributed by atoms with Gasteiger partial charge in [-0.15, -0.1) is 0 Å². The van der Waals surface area contributed by atoms with E-state index in [1.165, 1.54) is 0 Å². The first-order valence-electron chi connectivity index (χ1n) is 12.3. The zero-order valence-electron chi connectivity index (χ0n) is 21.3. The number of anilines is 1. The van der Waals surface area contributed by atoms with Gasteiger partial charge in [-0.25, -0.2) is 14.8 Å². The number of nitrogens with zero attached hydrogens (tertiary/aromatic N) is 3. The van der Waals surface area contributed by atoms with Gasteiger partial charge in [-0.1, -0.05) is 51.1 Å². The average molecular weight is 467 g/mol. The normalized spacial score (nSPS) is 22.9. The minimum absolute atomic E-state index is 0.214. The van der Waals surface area contributed by atoms with E-state index in [2.05, 4.69) is 38.2 Å². The Morgan fingerprint density at radius 2 is 1.68 bits per heavy atom. The summed E-state index contributed by atoms with van der Waals surface area (Å²) < 4.78 is 5.79. The topological polar surface area (TPSA) is 87.6 Å². The number of carbonyl (C=O) groups excluding carboxylic acids is 1. The third kappa shape index (κ3) is 5.35. The summed E-state index contributed by atoms with van der Waals surface area (Å²) in [7, 11) is 0. The number of hydrogen-bond donors (Lipinski definition) is 2. The number of fused-ring (bicyclic) bond motifs is 1. The van der Waals surface area contributed by atoms with Gasteiger partial charge < -0.3 is 15.2 Å². The van der Waals surface area contributed by atoms with E-state index in [1.54, 1.807) is 4.90 Å². The fraction of sp³-hybridized carbons (Fsp3) is 0.593. The number of aliphatic hydroxyl groups excluding tert-OH is 1. The van der Waals surface area contributed by atoms with Crippen molar-refractivity contribution in [3.05, 3.63) is 41.6 Å². The third-order valence-electron chi connectivity index (χ3n) is 6.46. The van der Waals surface area contributed by atoms with Gasteiger partial charge >= 0.3 is 6.09 Å². The van der Waals surface area contributed by atoms with Crippen LogP contribution in [-0.2, 0) is 11.3 Å². The number of aromatic nitrogens is 2. The van der Waals surface area contributed by atoms with Crippen molar-refractivity contribution < 1.29 is 14.6 Å². The second-order valence-corrected chi connectivity index (χ2v) is 11.6. The molecule has 1 aliphatic carbocycles. The second-order valence-electron chi connectivity index (χ2n) is 11.6. The molecule has 0 spiro atoms. The van der Waals surface area contributed by atoms with E-state index in [0.717, 1.165) is 48.2 Å². The predicted molar refractivity (Wildman–Crippen MR) is 133 cm³/mol. The molecule has 34 heavy (non-hydrogen) atoms. The first kappa shape index (κ1) is 24.5. The molecule has 1 saturated carbocycles. The number of hydrogen-bond acceptors (Lipinski definition) is 6. The Bertz CT molecular complexity index is 1020. The van der Waals surface area contributed by atoms with Crippen LogP contribution in [0.25, 0.3) is 11.3 Å². The molecule has 0 radical (unpaired) electrons. The van der Waals surface area contributed by atoms with Crippen LogP contribution < -0.4 is 5.32 Å². The van der Waals surface area contributed by atoms with Gasteiger partial charge in [-0.3, -0.25) is 4.90 Å². The van der Waals surface area contributed by atoms with E-state index >= 15 is 0 Å². The molecule has 1 amide bonds. The predicted octanol–water partition coefficient (Wildman–Crippen LogP) is 5.70. The van der Waals surface area contributed by atoms with Gasteiger partial charge in [0.1, 0.15) is 5.60 Å². The molecule has 2 N–H and O–H groups in total. The van der Waals surface area contributed by atoms with Crippen molar-refractivity contribution in [2.24, 2.45) is 5.41 Å². The number of nitrogens with one attached hydrogen (secondary N) is 1. The van der Waals surface area contributed by atoms with Crippen LogP contribution in [0, 0.1) is 5.41 Å². The van der Waals surface area contributed by atoms with Crippen molar-refractivity contribution in [2.75, 3.05) is 5.32 Å². The highest BCUT2D eigenvalue weighted by atomic mass is 16.6. The van der Waals surface area contributed by atoms with Gasteiger partial charge in [0.15, 0.2) is 0 Å². The Morgan fingerprint density at radius 3 is 2.26 bits per heavy atom. The van der Waals surface area contributed by atoms with Crippen LogP contribution in [0.4, 0.5) is 10.7 Å². The SMILES string of the molecule is CC(C)(C)OC(=O)N1Cc2nc(NC3CCC(O)CC3)nc(-c3ccccc3)c2C1C(C)(C)C. The Kier molecular flexibility index (Phi) is 6.60. The summed E-state index contributed by atoms with van der Waals surface area (Å²) in [5.74, 6) is 0.581. The van der Waals surface area contributed by atoms with Gasteiger partial charge in [0.2, 0.25) is 5.95 Å². The molecule has 184 valence electrons. The zero-order chi connectivity index (χ0) is 24.7. The Hall–Kier alpha value is -2.67. The van der Waals surface area contributed by atoms with E-state index in [1.807, 2.05) is 39.0 Å². The van der Waals surface area contributed by atoms with Crippen molar-refractivity contribution in [1.82, 2.24) is 14.9 Å². The quantitative estimate of drug-likeness (QED) is 0.604. The van der Waals surface area contributed by atoms with Crippen LogP contribution in [0.3, 0.4) is 0 Å². The average Bonchev–Trinajstić information content (AvgIpc) is 3.14. The van der Waals surface area contributed by atoms with Gasteiger partial charge in [0.05, 0.1) is 30.1 Å². The van der Waals surface area contributed by atoms with Crippen molar-refractivity contribution >= 4 is 12.0 Å². The summed E-state index contributed by atoms with van der Waals surface area (Å²) in [6.07, 6.45) is 2.79. The van der Waals surface area contributed by atoms with E-state index in [9.17, 15) is 9.90 Å². The Morgan fingerprint density at radius 1 is 1.03 bits per heavy atom. The monoisotopic (exact) mass is 466 g/mol. The Balaban J connectivity index is 1.77. The molecule has 4 rings (SSSR count). The zero-order valence-corrected chi connectivity index (χ0v) is 21.3. The highest BCUT2D eigenvalue weighted by Crippen LogP contribution is 2.48. The van der Waals surface area contributed by atoms with E-state index in [4.69, 9.17) is 14.7 Å². The molecule has 1 unspecified atom stereocenters. The van der Waals surface area contributed by atoms with Crippen LogP contribution in [0.15, 0.2) is 30.3 Å². The van der Waals surface area contributed by atoms with Gasteiger partial charge in [0.25, 0.3) is 0 Å². The maximum absolute atomic E-state index is 13.3. The molecule has 1 atom stereocenters. The minimum atomic E-state index is -0.583.